The zero-order valence-corrected chi connectivity index (χ0v) is 17.6. The van der Waals surface area contributed by atoms with E-state index in [9.17, 15) is 19.2 Å². The number of carbonyl (C=O) groups is 4. The highest BCUT2D eigenvalue weighted by atomic mass is 35.5. The van der Waals surface area contributed by atoms with Gasteiger partial charge in [-0.05, 0) is 32.4 Å². The normalized spacial score (nSPS) is 17.0. The number of alkyl halides is 1. The Balaban J connectivity index is 1.45. The Labute approximate surface area is 175 Å². The molecule has 7 nitrogen and oxygen atoms in total. The van der Waals surface area contributed by atoms with Crippen LogP contribution < -0.4 is 0 Å². The molecule has 0 aromatic heterocycles. The van der Waals surface area contributed by atoms with Gasteiger partial charge in [0.1, 0.15) is 0 Å². The van der Waals surface area contributed by atoms with E-state index in [1.54, 1.807) is 34.1 Å². The molecule has 1 saturated heterocycles. The second-order valence-corrected chi connectivity index (χ2v) is 8.37. The molecule has 0 radical (unpaired) electrons. The number of piperazine rings is 1. The molecule has 0 unspecified atom stereocenters. The van der Waals surface area contributed by atoms with Crippen LogP contribution in [-0.2, 0) is 9.59 Å². The number of imide groups is 1. The first kappa shape index (κ1) is 21.3. The molecule has 156 valence electrons. The van der Waals surface area contributed by atoms with Crippen LogP contribution in [0.4, 0.5) is 0 Å². The van der Waals surface area contributed by atoms with Crippen molar-refractivity contribution in [2.75, 3.05) is 38.6 Å². The van der Waals surface area contributed by atoms with Crippen LogP contribution in [0.5, 0.6) is 0 Å². The molecule has 0 atom stereocenters. The predicted octanol–water partition coefficient (Wildman–Crippen LogP) is 2.00. The van der Waals surface area contributed by atoms with Crippen molar-refractivity contribution in [1.82, 2.24) is 14.7 Å². The first-order valence-corrected chi connectivity index (χ1v) is 10.4. The standard InChI is InChI=1S/C21H26ClN3O4/c1-21(2,14-22)20(29)24-12-10-23(11-13-24)17(26)8-5-9-25-18(27)15-6-3-4-7-16(15)19(25)28/h3-4,6-7H,5,8-14H2,1-2H3. The fourth-order valence-corrected chi connectivity index (χ4v) is 3.75. The molecule has 0 saturated carbocycles. The minimum atomic E-state index is -0.611. The van der Waals surface area contributed by atoms with Crippen molar-refractivity contribution in [3.63, 3.8) is 0 Å². The molecule has 0 bridgehead atoms. The van der Waals surface area contributed by atoms with Crippen LogP contribution >= 0.6 is 11.6 Å². The minimum Gasteiger partial charge on any atom is -0.339 e. The molecule has 1 aromatic carbocycles. The van der Waals surface area contributed by atoms with Crippen molar-refractivity contribution >= 4 is 35.2 Å². The number of fused-ring (bicyclic) bond motifs is 1. The molecule has 1 fully saturated rings. The maximum atomic E-state index is 12.5. The lowest BCUT2D eigenvalue weighted by Gasteiger charge is -2.38. The van der Waals surface area contributed by atoms with E-state index in [0.717, 1.165) is 0 Å². The van der Waals surface area contributed by atoms with Crippen molar-refractivity contribution in [3.05, 3.63) is 35.4 Å². The highest BCUT2D eigenvalue weighted by Gasteiger charge is 2.35. The number of hydrogen-bond acceptors (Lipinski definition) is 4. The highest BCUT2D eigenvalue weighted by molar-refractivity contribution is 6.21. The lowest BCUT2D eigenvalue weighted by atomic mass is 9.94. The molecule has 0 N–H and O–H groups in total. The van der Waals surface area contributed by atoms with Crippen LogP contribution in [0.15, 0.2) is 24.3 Å². The van der Waals surface area contributed by atoms with Crippen molar-refractivity contribution in [3.8, 4) is 0 Å². The van der Waals surface area contributed by atoms with Crippen molar-refractivity contribution < 1.29 is 19.2 Å². The van der Waals surface area contributed by atoms with Gasteiger partial charge in [-0.2, -0.15) is 0 Å². The molecule has 2 aliphatic heterocycles. The van der Waals surface area contributed by atoms with Crippen LogP contribution in [0, 0.1) is 5.41 Å². The van der Waals surface area contributed by atoms with E-state index in [-0.39, 0.29) is 42.5 Å². The monoisotopic (exact) mass is 419 g/mol. The Morgan fingerprint density at radius 3 is 2.00 bits per heavy atom. The number of carbonyl (C=O) groups excluding carboxylic acids is 4. The van der Waals surface area contributed by atoms with Gasteiger partial charge in [-0.15, -0.1) is 11.6 Å². The van der Waals surface area contributed by atoms with Gasteiger partial charge in [-0.3, -0.25) is 24.1 Å². The third kappa shape index (κ3) is 4.29. The third-order valence-electron chi connectivity index (χ3n) is 5.48. The lowest BCUT2D eigenvalue weighted by molar-refractivity contribution is -0.144. The van der Waals surface area contributed by atoms with Gasteiger partial charge in [0.15, 0.2) is 0 Å². The van der Waals surface area contributed by atoms with Crippen molar-refractivity contribution in [2.45, 2.75) is 26.7 Å². The molecular formula is C21H26ClN3O4. The van der Waals surface area contributed by atoms with E-state index in [2.05, 4.69) is 0 Å². The molecule has 4 amide bonds. The molecule has 0 aliphatic carbocycles. The zero-order valence-electron chi connectivity index (χ0n) is 16.8. The van der Waals surface area contributed by atoms with Gasteiger partial charge >= 0.3 is 0 Å². The molecule has 8 heteroatoms. The topological polar surface area (TPSA) is 78.0 Å². The first-order chi connectivity index (χ1) is 13.8. The van der Waals surface area contributed by atoms with Gasteiger partial charge in [-0.1, -0.05) is 12.1 Å². The Morgan fingerprint density at radius 1 is 0.966 bits per heavy atom. The molecule has 0 spiro atoms. The summed E-state index contributed by atoms with van der Waals surface area (Å²) >= 11 is 5.88. The summed E-state index contributed by atoms with van der Waals surface area (Å²) in [6, 6.07) is 6.76. The van der Waals surface area contributed by atoms with Gasteiger partial charge in [0.2, 0.25) is 11.8 Å². The first-order valence-electron chi connectivity index (χ1n) is 9.84. The number of rotatable bonds is 6. The molecule has 29 heavy (non-hydrogen) atoms. The second kappa shape index (κ2) is 8.53. The number of halogens is 1. The number of hydrogen-bond donors (Lipinski definition) is 0. The SMILES string of the molecule is CC(C)(CCl)C(=O)N1CCN(C(=O)CCCN2C(=O)c3ccccc3C2=O)CC1. The molecule has 2 heterocycles. The Kier molecular flexibility index (Phi) is 6.27. The fraction of sp³-hybridized carbons (Fsp3) is 0.524. The van der Waals surface area contributed by atoms with Crippen LogP contribution in [0.2, 0.25) is 0 Å². The number of amides is 4. The average Bonchev–Trinajstić information content (AvgIpc) is 2.98. The molecule has 2 aliphatic rings. The maximum Gasteiger partial charge on any atom is 0.261 e. The van der Waals surface area contributed by atoms with Crippen molar-refractivity contribution in [2.24, 2.45) is 5.41 Å². The number of nitrogens with zero attached hydrogens (tertiary/aromatic N) is 3. The third-order valence-corrected chi connectivity index (χ3v) is 6.15. The van der Waals surface area contributed by atoms with E-state index >= 15 is 0 Å². The van der Waals surface area contributed by atoms with Crippen LogP contribution in [-0.4, -0.2) is 76.9 Å². The van der Waals surface area contributed by atoms with E-state index < -0.39 is 5.41 Å². The van der Waals surface area contributed by atoms with E-state index in [1.807, 2.05) is 13.8 Å². The Hall–Kier alpha value is -2.41. The predicted molar refractivity (Wildman–Crippen MR) is 109 cm³/mol. The smallest absolute Gasteiger partial charge is 0.261 e. The summed E-state index contributed by atoms with van der Waals surface area (Å²) in [7, 11) is 0. The summed E-state index contributed by atoms with van der Waals surface area (Å²) in [4.78, 5) is 54.4. The summed E-state index contributed by atoms with van der Waals surface area (Å²) in [5.41, 5.74) is 0.231. The van der Waals surface area contributed by atoms with Crippen LogP contribution in [0.3, 0.4) is 0 Å². The second-order valence-electron chi connectivity index (χ2n) is 8.10. The summed E-state index contributed by atoms with van der Waals surface area (Å²) in [6.45, 7) is 5.80. The summed E-state index contributed by atoms with van der Waals surface area (Å²) in [5.74, 6) is -0.363. The molecular weight excluding hydrogens is 394 g/mol. The Morgan fingerprint density at radius 2 is 1.48 bits per heavy atom. The van der Waals surface area contributed by atoms with Crippen LogP contribution in [0.25, 0.3) is 0 Å². The fourth-order valence-electron chi connectivity index (χ4n) is 3.63. The van der Waals surface area contributed by atoms with Gasteiger partial charge in [0.25, 0.3) is 11.8 Å². The summed E-state index contributed by atoms with van der Waals surface area (Å²) in [5, 5.41) is 0. The zero-order chi connectivity index (χ0) is 21.2. The van der Waals surface area contributed by atoms with Gasteiger partial charge in [0.05, 0.1) is 16.5 Å². The highest BCUT2D eigenvalue weighted by Crippen LogP contribution is 2.23. The quantitative estimate of drug-likeness (QED) is 0.522. The van der Waals surface area contributed by atoms with Gasteiger partial charge < -0.3 is 9.80 Å². The molecule has 3 rings (SSSR count). The average molecular weight is 420 g/mol. The van der Waals surface area contributed by atoms with Crippen LogP contribution in [0.1, 0.15) is 47.4 Å². The van der Waals surface area contributed by atoms with E-state index in [1.165, 1.54) is 4.90 Å². The molecule has 1 aromatic rings. The van der Waals surface area contributed by atoms with Gasteiger partial charge in [-0.25, -0.2) is 0 Å². The summed E-state index contributed by atoms with van der Waals surface area (Å²) < 4.78 is 0. The van der Waals surface area contributed by atoms with Gasteiger partial charge in [0, 0.05) is 45.0 Å². The number of benzene rings is 1. The largest absolute Gasteiger partial charge is 0.339 e. The Bertz CT molecular complexity index is 796. The minimum absolute atomic E-state index is 0.00484. The van der Waals surface area contributed by atoms with E-state index in [4.69, 9.17) is 11.6 Å². The maximum absolute atomic E-state index is 12.5. The summed E-state index contributed by atoms with van der Waals surface area (Å²) in [6.07, 6.45) is 0.678. The van der Waals surface area contributed by atoms with E-state index in [0.29, 0.717) is 43.7 Å². The van der Waals surface area contributed by atoms with Crippen molar-refractivity contribution in [1.29, 1.82) is 0 Å². The lowest BCUT2D eigenvalue weighted by Crippen LogP contribution is -2.53.